The van der Waals surface area contributed by atoms with Crippen molar-refractivity contribution in [3.63, 3.8) is 0 Å². The molecule has 0 spiro atoms. The molecule has 0 saturated heterocycles. The van der Waals surface area contributed by atoms with Crippen LogP contribution < -0.4 is 16.4 Å². The Labute approximate surface area is 141 Å². The maximum absolute atomic E-state index is 3.61. The summed E-state index contributed by atoms with van der Waals surface area (Å²) in [4.78, 5) is 0. The van der Waals surface area contributed by atoms with Crippen LogP contribution in [-0.2, 0) is 0 Å². The fourth-order valence-electron chi connectivity index (χ4n) is 3.03. The molecule has 3 aromatic rings. The number of aryl methyl sites for hydroxylation is 2. The van der Waals surface area contributed by atoms with Gasteiger partial charge >= 0.3 is 0 Å². The lowest BCUT2D eigenvalue weighted by molar-refractivity contribution is 1.49. The van der Waals surface area contributed by atoms with Crippen LogP contribution in [0.4, 0.5) is 0 Å². The highest BCUT2D eigenvalue weighted by molar-refractivity contribution is 9.10. The quantitative estimate of drug-likeness (QED) is 0.634. The van der Waals surface area contributed by atoms with Gasteiger partial charge in [-0.3, -0.25) is 0 Å². The first-order valence-electron chi connectivity index (χ1n) is 7.53. The van der Waals surface area contributed by atoms with Crippen molar-refractivity contribution < 1.29 is 0 Å². The normalized spacial score (nSPS) is 10.5. The van der Waals surface area contributed by atoms with Crippen molar-refractivity contribution >= 4 is 39.0 Å². The summed E-state index contributed by atoms with van der Waals surface area (Å²) < 4.78 is 1.12. The van der Waals surface area contributed by atoms with Gasteiger partial charge in [-0.05, 0) is 19.9 Å². The number of rotatable bonds is 3. The Morgan fingerprint density at radius 1 is 0.682 bits per heavy atom. The van der Waals surface area contributed by atoms with E-state index in [1.165, 1.54) is 27.5 Å². The number of benzene rings is 3. The second-order valence-corrected chi connectivity index (χ2v) is 6.62. The molecule has 3 rings (SSSR count). The highest BCUT2D eigenvalue weighted by Gasteiger charge is 2.24. The van der Waals surface area contributed by atoms with Crippen molar-refractivity contribution in [1.29, 1.82) is 0 Å². The molecule has 22 heavy (non-hydrogen) atoms. The van der Waals surface area contributed by atoms with E-state index in [2.05, 4.69) is 103 Å². The van der Waals surface area contributed by atoms with E-state index in [0.29, 0.717) is 0 Å². The number of hydrogen-bond acceptors (Lipinski definition) is 0. The molecule has 0 amide bonds. The van der Waals surface area contributed by atoms with Crippen LogP contribution in [0, 0.1) is 13.8 Å². The average Bonchev–Trinajstić information content (AvgIpc) is 2.51. The Morgan fingerprint density at radius 2 is 1.23 bits per heavy atom. The summed E-state index contributed by atoms with van der Waals surface area (Å²) in [5.74, 6) is 0. The van der Waals surface area contributed by atoms with E-state index >= 15 is 0 Å². The van der Waals surface area contributed by atoms with Crippen molar-refractivity contribution in [2.75, 3.05) is 0 Å². The molecule has 0 aromatic heterocycles. The smallest absolute Gasteiger partial charge is 0.0675 e. The van der Waals surface area contributed by atoms with Crippen molar-refractivity contribution in [1.82, 2.24) is 0 Å². The van der Waals surface area contributed by atoms with Gasteiger partial charge in [-0.25, -0.2) is 0 Å². The van der Waals surface area contributed by atoms with E-state index < -0.39 is 0 Å². The maximum Gasteiger partial charge on any atom is 0.241 e. The molecule has 2 heteroatoms. The van der Waals surface area contributed by atoms with Crippen LogP contribution in [0.25, 0.3) is 0 Å². The molecule has 0 atom stereocenters. The fourth-order valence-corrected chi connectivity index (χ4v) is 3.45. The topological polar surface area (TPSA) is 0 Å². The van der Waals surface area contributed by atoms with Crippen LogP contribution in [0.5, 0.6) is 0 Å². The molecule has 0 heterocycles. The first-order chi connectivity index (χ1) is 10.7. The van der Waals surface area contributed by atoms with Gasteiger partial charge in [-0.1, -0.05) is 110 Å². The lowest BCUT2D eigenvalue weighted by atomic mass is 9.35. The van der Waals surface area contributed by atoms with Crippen LogP contribution in [0.2, 0.25) is 0 Å². The van der Waals surface area contributed by atoms with Crippen LogP contribution in [0.1, 0.15) is 11.1 Å². The lowest BCUT2D eigenvalue weighted by Crippen LogP contribution is -2.53. The molecular weight excluding hydrogens is 331 g/mol. The van der Waals surface area contributed by atoms with Crippen molar-refractivity contribution in [2.24, 2.45) is 0 Å². The van der Waals surface area contributed by atoms with E-state index in [4.69, 9.17) is 0 Å². The predicted octanol–water partition coefficient (Wildman–Crippen LogP) is 3.58. The zero-order chi connectivity index (χ0) is 15.5. The Kier molecular flexibility index (Phi) is 4.49. The largest absolute Gasteiger partial charge is 0.241 e. The Morgan fingerprint density at radius 3 is 1.73 bits per heavy atom. The molecule has 108 valence electrons. The zero-order valence-electron chi connectivity index (χ0n) is 12.9. The fraction of sp³-hybridized carbons (Fsp3) is 0.100. The van der Waals surface area contributed by atoms with Gasteiger partial charge in [0.05, 0.1) is 0 Å². The van der Waals surface area contributed by atoms with E-state index in [9.17, 15) is 0 Å². The van der Waals surface area contributed by atoms with Crippen molar-refractivity contribution in [3.05, 3.63) is 88.4 Å². The maximum atomic E-state index is 3.61. The van der Waals surface area contributed by atoms with E-state index in [0.717, 1.165) is 4.47 Å². The molecule has 0 aliphatic heterocycles. The Balaban J connectivity index is 2.24. The summed E-state index contributed by atoms with van der Waals surface area (Å²) in [7, 11) is 0. The third kappa shape index (κ3) is 3.03. The van der Waals surface area contributed by atoms with Gasteiger partial charge in [0.25, 0.3) is 0 Å². The van der Waals surface area contributed by atoms with Gasteiger partial charge in [-0.2, -0.15) is 0 Å². The molecular formula is C20H18BBr. The van der Waals surface area contributed by atoms with Gasteiger partial charge in [-0.15, -0.1) is 0 Å². The van der Waals surface area contributed by atoms with E-state index in [-0.39, 0.29) is 6.71 Å². The second-order valence-electron chi connectivity index (χ2n) is 5.70. The standard InChI is InChI=1S/C20H18BBr/c1-15-8-3-5-12-19(15)21(17-10-7-11-18(22)14-17)20-13-6-4-9-16(20)2/h3-14H,1-2H3. The van der Waals surface area contributed by atoms with Crippen LogP contribution in [-0.4, -0.2) is 6.71 Å². The molecule has 0 unspecified atom stereocenters. The first kappa shape index (κ1) is 15.1. The molecule has 0 N–H and O–H groups in total. The summed E-state index contributed by atoms with van der Waals surface area (Å²) in [6.07, 6.45) is 0. The van der Waals surface area contributed by atoms with Crippen LogP contribution in [0.3, 0.4) is 0 Å². The molecule has 0 fully saturated rings. The molecule has 0 aliphatic carbocycles. The number of hydrogen-bond donors (Lipinski definition) is 0. The third-order valence-electron chi connectivity index (χ3n) is 4.18. The van der Waals surface area contributed by atoms with Crippen LogP contribution >= 0.6 is 15.9 Å². The van der Waals surface area contributed by atoms with Gasteiger partial charge in [0.2, 0.25) is 6.71 Å². The SMILES string of the molecule is Cc1ccccc1B(c1cccc(Br)c1)c1ccccc1C. The predicted molar refractivity (Wildman–Crippen MR) is 101 cm³/mol. The monoisotopic (exact) mass is 348 g/mol. The number of halogens is 1. The second kappa shape index (κ2) is 6.54. The highest BCUT2D eigenvalue weighted by Crippen LogP contribution is 2.08. The van der Waals surface area contributed by atoms with E-state index in [1.54, 1.807) is 0 Å². The molecule has 0 aliphatic rings. The zero-order valence-corrected chi connectivity index (χ0v) is 14.5. The minimum absolute atomic E-state index is 0.264. The molecule has 0 radical (unpaired) electrons. The summed E-state index contributed by atoms with van der Waals surface area (Å²) in [6.45, 7) is 4.65. The minimum Gasteiger partial charge on any atom is -0.0675 e. The first-order valence-corrected chi connectivity index (χ1v) is 8.32. The summed E-state index contributed by atoms with van der Waals surface area (Å²) in [5, 5.41) is 0. The van der Waals surface area contributed by atoms with Gasteiger partial charge in [0, 0.05) is 4.47 Å². The summed E-state index contributed by atoms with van der Waals surface area (Å²) >= 11 is 3.61. The highest BCUT2D eigenvalue weighted by atomic mass is 79.9. The van der Waals surface area contributed by atoms with Gasteiger partial charge < -0.3 is 0 Å². The molecule has 0 bridgehead atoms. The van der Waals surface area contributed by atoms with Crippen LogP contribution in [0.15, 0.2) is 77.3 Å². The third-order valence-corrected chi connectivity index (χ3v) is 4.67. The van der Waals surface area contributed by atoms with E-state index in [1.807, 2.05) is 0 Å². The Hall–Kier alpha value is -1.80. The van der Waals surface area contributed by atoms with Gasteiger partial charge in [0.15, 0.2) is 0 Å². The Bertz CT molecular complexity index is 749. The minimum atomic E-state index is 0.264. The summed E-state index contributed by atoms with van der Waals surface area (Å²) in [5.41, 5.74) is 6.72. The lowest BCUT2D eigenvalue weighted by Gasteiger charge is -2.19. The average molecular weight is 349 g/mol. The molecule has 0 nitrogen and oxygen atoms in total. The van der Waals surface area contributed by atoms with Crippen molar-refractivity contribution in [2.45, 2.75) is 13.8 Å². The van der Waals surface area contributed by atoms with Gasteiger partial charge in [0.1, 0.15) is 0 Å². The molecule has 3 aromatic carbocycles. The molecule has 0 saturated carbocycles. The van der Waals surface area contributed by atoms with Crippen molar-refractivity contribution in [3.8, 4) is 0 Å². The summed E-state index contributed by atoms with van der Waals surface area (Å²) in [6, 6.07) is 26.0.